The highest BCUT2D eigenvalue weighted by Gasteiger charge is 2.28. The lowest BCUT2D eigenvalue weighted by molar-refractivity contribution is 0.102. The Balaban J connectivity index is 1.76. The number of nitrogens with zero attached hydrogens (tertiary/aromatic N) is 3. The second kappa shape index (κ2) is 5.95. The van der Waals surface area contributed by atoms with E-state index in [4.69, 9.17) is 4.98 Å². The molecule has 0 aliphatic heterocycles. The molecule has 2 heterocycles. The normalized spacial score (nSPS) is 14.2. The smallest absolute Gasteiger partial charge is 0.256 e. The van der Waals surface area contributed by atoms with Crippen molar-refractivity contribution in [1.29, 1.82) is 0 Å². The lowest BCUT2D eigenvalue weighted by Gasteiger charge is -2.10. The molecule has 1 aliphatic rings. The first-order valence-electron chi connectivity index (χ1n) is 8.48. The topological polar surface area (TPSA) is 59.8 Å². The first kappa shape index (κ1) is 15.7. The number of hydrogen-bond donors (Lipinski definition) is 1. The van der Waals surface area contributed by atoms with Gasteiger partial charge in [0.1, 0.15) is 5.82 Å². The number of carbonyl (C=O) groups excluding carboxylic acids is 1. The number of hydrogen-bond acceptors (Lipinski definition) is 3. The maximum Gasteiger partial charge on any atom is 0.256 e. The number of amides is 1. The van der Waals surface area contributed by atoms with Gasteiger partial charge in [-0.1, -0.05) is 0 Å². The summed E-state index contributed by atoms with van der Waals surface area (Å²) in [5.74, 6) is -0.139. The summed E-state index contributed by atoms with van der Waals surface area (Å²) in [6, 6.07) is 7.77. The van der Waals surface area contributed by atoms with E-state index < -0.39 is 0 Å². The van der Waals surface area contributed by atoms with Gasteiger partial charge in [-0.3, -0.25) is 4.79 Å². The van der Waals surface area contributed by atoms with Gasteiger partial charge in [-0.15, -0.1) is 0 Å². The van der Waals surface area contributed by atoms with E-state index in [0.29, 0.717) is 17.2 Å². The Morgan fingerprint density at radius 2 is 2.00 bits per heavy atom. The van der Waals surface area contributed by atoms with Gasteiger partial charge in [0.05, 0.1) is 17.1 Å². The number of anilines is 1. The Hall–Kier alpha value is -2.76. The number of aromatic nitrogens is 3. The molecule has 6 heteroatoms. The Bertz CT molecular complexity index is 942. The highest BCUT2D eigenvalue weighted by Crippen LogP contribution is 2.40. The monoisotopic (exact) mass is 338 g/mol. The average Bonchev–Trinajstić information content (AvgIpc) is 3.35. The van der Waals surface area contributed by atoms with Crippen molar-refractivity contribution in [2.45, 2.75) is 38.6 Å². The van der Waals surface area contributed by atoms with E-state index in [9.17, 15) is 9.18 Å². The SMILES string of the molecule is CC(C)n1ncc2c(C(=O)Nc3ccc(F)cc3)cc(C3CC3)nc21. The molecule has 1 aromatic carbocycles. The van der Waals surface area contributed by atoms with Crippen LogP contribution in [0.4, 0.5) is 10.1 Å². The van der Waals surface area contributed by atoms with Crippen LogP contribution < -0.4 is 5.32 Å². The number of nitrogens with one attached hydrogen (secondary N) is 1. The molecule has 128 valence electrons. The summed E-state index contributed by atoms with van der Waals surface area (Å²) in [5.41, 5.74) is 2.80. The average molecular weight is 338 g/mol. The number of halogens is 1. The molecule has 5 nitrogen and oxygen atoms in total. The van der Waals surface area contributed by atoms with Crippen molar-refractivity contribution in [1.82, 2.24) is 14.8 Å². The molecule has 0 radical (unpaired) electrons. The van der Waals surface area contributed by atoms with E-state index in [2.05, 4.69) is 10.4 Å². The summed E-state index contributed by atoms with van der Waals surface area (Å²) in [7, 11) is 0. The fraction of sp³-hybridized carbons (Fsp3) is 0.316. The largest absolute Gasteiger partial charge is 0.322 e. The third-order valence-corrected chi connectivity index (χ3v) is 4.42. The zero-order chi connectivity index (χ0) is 17.6. The van der Waals surface area contributed by atoms with Crippen LogP contribution in [0.15, 0.2) is 36.5 Å². The van der Waals surface area contributed by atoms with Gasteiger partial charge in [0.25, 0.3) is 5.91 Å². The summed E-state index contributed by atoms with van der Waals surface area (Å²) in [5, 5.41) is 7.97. The van der Waals surface area contributed by atoms with Crippen molar-refractivity contribution < 1.29 is 9.18 Å². The van der Waals surface area contributed by atoms with Crippen LogP contribution >= 0.6 is 0 Å². The Kier molecular flexibility index (Phi) is 3.75. The van der Waals surface area contributed by atoms with E-state index in [0.717, 1.165) is 29.6 Å². The van der Waals surface area contributed by atoms with Crippen LogP contribution in [0.5, 0.6) is 0 Å². The molecule has 1 saturated carbocycles. The predicted octanol–water partition coefficient (Wildman–Crippen LogP) is 4.28. The Labute approximate surface area is 144 Å². The summed E-state index contributed by atoms with van der Waals surface area (Å²) < 4.78 is 14.9. The molecule has 0 bridgehead atoms. The van der Waals surface area contributed by atoms with Crippen LogP contribution in [-0.2, 0) is 0 Å². The van der Waals surface area contributed by atoms with Crippen LogP contribution in [-0.4, -0.2) is 20.7 Å². The second-order valence-corrected chi connectivity index (χ2v) is 6.75. The Morgan fingerprint density at radius 1 is 1.28 bits per heavy atom. The van der Waals surface area contributed by atoms with Crippen LogP contribution in [0.1, 0.15) is 54.7 Å². The van der Waals surface area contributed by atoms with Crippen LogP contribution in [0.3, 0.4) is 0 Å². The van der Waals surface area contributed by atoms with Gasteiger partial charge >= 0.3 is 0 Å². The maximum absolute atomic E-state index is 13.1. The molecule has 0 spiro atoms. The van der Waals surface area contributed by atoms with Gasteiger partial charge in [0, 0.05) is 23.3 Å². The Morgan fingerprint density at radius 3 is 2.64 bits per heavy atom. The number of pyridine rings is 1. The molecule has 0 saturated heterocycles. The summed E-state index contributed by atoms with van der Waals surface area (Å²) >= 11 is 0. The predicted molar refractivity (Wildman–Crippen MR) is 94.2 cm³/mol. The molecule has 2 aromatic heterocycles. The van der Waals surface area contributed by atoms with Gasteiger partial charge in [-0.25, -0.2) is 14.1 Å². The van der Waals surface area contributed by atoms with Crippen molar-refractivity contribution >= 4 is 22.6 Å². The standard InChI is InChI=1S/C19H19FN4O/c1-11(2)24-18-16(10-21-24)15(9-17(23-18)12-3-4-12)19(25)22-14-7-5-13(20)6-8-14/h5-12H,3-4H2,1-2H3,(H,22,25). The molecule has 3 aromatic rings. The molecule has 0 atom stereocenters. The van der Waals surface area contributed by atoms with Crippen molar-refractivity contribution in [3.8, 4) is 0 Å². The van der Waals surface area contributed by atoms with E-state index in [1.165, 1.54) is 12.1 Å². The first-order chi connectivity index (χ1) is 12.0. The van der Waals surface area contributed by atoms with Gasteiger partial charge in [-0.05, 0) is 57.0 Å². The van der Waals surface area contributed by atoms with E-state index in [1.54, 1.807) is 18.3 Å². The van der Waals surface area contributed by atoms with Gasteiger partial charge in [0.2, 0.25) is 0 Å². The van der Waals surface area contributed by atoms with Crippen molar-refractivity contribution in [2.75, 3.05) is 5.32 Å². The van der Waals surface area contributed by atoms with E-state index >= 15 is 0 Å². The highest BCUT2D eigenvalue weighted by atomic mass is 19.1. The molecular weight excluding hydrogens is 319 g/mol. The molecule has 1 N–H and O–H groups in total. The number of rotatable bonds is 4. The molecule has 0 unspecified atom stereocenters. The summed E-state index contributed by atoms with van der Waals surface area (Å²) in [6.07, 6.45) is 3.90. The molecule has 25 heavy (non-hydrogen) atoms. The third kappa shape index (κ3) is 2.99. The quantitative estimate of drug-likeness (QED) is 0.772. The van der Waals surface area contributed by atoms with E-state index in [1.807, 2.05) is 24.6 Å². The highest BCUT2D eigenvalue weighted by molar-refractivity contribution is 6.12. The summed E-state index contributed by atoms with van der Waals surface area (Å²) in [6.45, 7) is 4.08. The first-order valence-corrected chi connectivity index (χ1v) is 8.48. The van der Waals surface area contributed by atoms with Crippen molar-refractivity contribution in [3.63, 3.8) is 0 Å². The minimum absolute atomic E-state index is 0.160. The second-order valence-electron chi connectivity index (χ2n) is 6.75. The lowest BCUT2D eigenvalue weighted by Crippen LogP contribution is -2.14. The molecular formula is C19H19FN4O. The van der Waals surface area contributed by atoms with E-state index in [-0.39, 0.29) is 17.8 Å². The lowest BCUT2D eigenvalue weighted by atomic mass is 10.1. The zero-order valence-corrected chi connectivity index (χ0v) is 14.2. The third-order valence-electron chi connectivity index (χ3n) is 4.42. The zero-order valence-electron chi connectivity index (χ0n) is 14.2. The fourth-order valence-electron chi connectivity index (χ4n) is 2.92. The molecule has 4 rings (SSSR count). The van der Waals surface area contributed by atoms with Crippen LogP contribution in [0.25, 0.3) is 11.0 Å². The number of fused-ring (bicyclic) bond motifs is 1. The minimum atomic E-state index is -0.335. The number of carbonyl (C=O) groups is 1. The molecule has 1 fully saturated rings. The fourth-order valence-corrected chi connectivity index (χ4v) is 2.92. The maximum atomic E-state index is 13.1. The van der Waals surface area contributed by atoms with Crippen LogP contribution in [0.2, 0.25) is 0 Å². The van der Waals surface area contributed by atoms with Gasteiger partial charge < -0.3 is 5.32 Å². The number of benzene rings is 1. The van der Waals surface area contributed by atoms with Crippen LogP contribution in [0, 0.1) is 5.82 Å². The van der Waals surface area contributed by atoms with Crippen molar-refractivity contribution in [2.24, 2.45) is 0 Å². The van der Waals surface area contributed by atoms with Gasteiger partial charge in [-0.2, -0.15) is 5.10 Å². The molecule has 1 aliphatic carbocycles. The minimum Gasteiger partial charge on any atom is -0.322 e. The van der Waals surface area contributed by atoms with Gasteiger partial charge in [0.15, 0.2) is 5.65 Å². The summed E-state index contributed by atoms with van der Waals surface area (Å²) in [4.78, 5) is 17.6. The van der Waals surface area contributed by atoms with Crippen molar-refractivity contribution in [3.05, 3.63) is 53.6 Å². The molecule has 1 amide bonds.